The van der Waals surface area contributed by atoms with Gasteiger partial charge in [-0.25, -0.2) is 0 Å². The number of hydrogen-bond donors (Lipinski definition) is 0. The topological polar surface area (TPSA) is 65.1 Å². The predicted octanol–water partition coefficient (Wildman–Crippen LogP) is 26.8. The van der Waals surface area contributed by atoms with E-state index in [1.807, 2.05) is 72.8 Å². The highest BCUT2D eigenvalue weighted by Gasteiger charge is 2.24. The molecule has 0 amide bonds. The van der Waals surface area contributed by atoms with Crippen LogP contribution in [0.2, 0.25) is 0 Å². The number of benzene rings is 7. The van der Waals surface area contributed by atoms with E-state index in [4.69, 9.17) is 28.4 Å². The van der Waals surface area contributed by atoms with Crippen LogP contribution in [-0.4, -0.2) is 78.9 Å². The van der Waals surface area contributed by atoms with Gasteiger partial charge >= 0.3 is 0 Å². The minimum absolute atomic E-state index is 0.430. The molecule has 10 rings (SSSR count). The summed E-state index contributed by atoms with van der Waals surface area (Å²) in [7, 11) is 0. The molecule has 3 fully saturated rings. The first-order chi connectivity index (χ1) is 59.3. The Morgan fingerprint density at radius 2 is 0.342 bits per heavy atom. The Bertz CT molecular complexity index is 3950. The molecule has 3 aliphatic rings. The summed E-state index contributed by atoms with van der Waals surface area (Å²) < 4.78 is 35.9. The van der Waals surface area contributed by atoms with Crippen molar-refractivity contribution in [2.75, 3.05) is 93.6 Å². The van der Waals surface area contributed by atoms with E-state index < -0.39 is 18.9 Å². The van der Waals surface area contributed by atoms with Crippen molar-refractivity contribution >= 4 is 17.1 Å². The highest BCUT2D eigenvalue weighted by atomic mass is 16.7. The van der Waals surface area contributed by atoms with Gasteiger partial charge in [-0.1, -0.05) is 342 Å². The van der Waals surface area contributed by atoms with Gasteiger partial charge in [0.2, 0.25) is 0 Å². The summed E-state index contributed by atoms with van der Waals surface area (Å²) in [4.78, 5) is 7.86. The second-order valence-corrected chi connectivity index (χ2v) is 33.0. The maximum Gasteiger partial charge on any atom is 0.184 e. The highest BCUT2D eigenvalue weighted by molar-refractivity contribution is 5.79. The molecule has 0 atom stereocenters. The molecule has 0 saturated carbocycles. The number of hydrogen-bond acceptors (Lipinski definition) is 9. The molecule has 0 aliphatic carbocycles. The van der Waals surface area contributed by atoms with E-state index >= 15 is 0 Å². The van der Waals surface area contributed by atoms with Crippen molar-refractivity contribution in [2.24, 2.45) is 0 Å². The van der Waals surface area contributed by atoms with Gasteiger partial charge in [0.15, 0.2) is 18.9 Å². The zero-order valence-electron chi connectivity index (χ0n) is 74.3. The normalized spacial score (nSPS) is 13.2. The number of unbranched alkanes of at least 4 members (excludes halogenated alkanes) is 30. The zero-order valence-corrected chi connectivity index (χ0v) is 74.3. The first kappa shape index (κ1) is 93.3. The van der Waals surface area contributed by atoms with Gasteiger partial charge in [-0.05, 0) is 148 Å². The molecular formula is C111H141N3O6. The standard InChI is InChI=1S/C111H141N3O6/c1-7-13-19-25-31-37-79-112(80-38-32-26-20-14-8-2)100-67-49-94(50-68-100)58-76-106-103(73-55-91-43-61-97(62-44-91)109-115-85-86-116-109)107(77-59-95-51-69-101(70-52-95)113(81-39-33-27-21-15-9-3)82-40-34-28-22-16-10-4)105(75-57-93-47-65-99(66-48-93)111-119-89-90-120-111)108(104(106)74-56-92-45-63-98(64-46-92)110-117-87-88-118-110)78-60-96-53-71-102(72-54-96)114(83-41-35-29-23-17-11-5)84-42-36-30-24-18-12-6/h43-54,61-72,109-111H,7-42,79-90H2,1-6H3. The van der Waals surface area contributed by atoms with Crippen molar-refractivity contribution in [1.29, 1.82) is 0 Å². The minimum atomic E-state index is -0.430. The third-order valence-corrected chi connectivity index (χ3v) is 23.3. The predicted molar refractivity (Wildman–Crippen MR) is 502 cm³/mol. The van der Waals surface area contributed by atoms with Crippen LogP contribution in [0.15, 0.2) is 146 Å². The molecule has 3 saturated heterocycles. The van der Waals surface area contributed by atoms with Crippen molar-refractivity contribution in [3.8, 4) is 71.0 Å². The molecule has 9 heteroatoms. The van der Waals surface area contributed by atoms with Gasteiger partial charge in [-0.15, -0.1) is 0 Å². The Labute approximate surface area is 726 Å². The Morgan fingerprint density at radius 1 is 0.192 bits per heavy atom. The van der Waals surface area contributed by atoms with Crippen LogP contribution in [0.25, 0.3) is 0 Å². The number of rotatable bonds is 48. The van der Waals surface area contributed by atoms with Crippen LogP contribution in [0.5, 0.6) is 0 Å². The van der Waals surface area contributed by atoms with Gasteiger partial charge in [0.25, 0.3) is 0 Å². The van der Waals surface area contributed by atoms with Gasteiger partial charge < -0.3 is 43.1 Å². The fraction of sp³-hybridized carbons (Fsp3) is 0.514. The molecule has 0 aromatic heterocycles. The molecule has 3 aliphatic heterocycles. The third kappa shape index (κ3) is 32.5. The molecule has 0 bridgehead atoms. The first-order valence-electron chi connectivity index (χ1n) is 47.3. The highest BCUT2D eigenvalue weighted by Crippen LogP contribution is 2.32. The van der Waals surface area contributed by atoms with Crippen molar-refractivity contribution in [3.63, 3.8) is 0 Å². The van der Waals surface area contributed by atoms with E-state index in [-0.39, 0.29) is 0 Å². The maximum atomic E-state index is 5.99. The smallest absolute Gasteiger partial charge is 0.184 e. The van der Waals surface area contributed by atoms with Crippen LogP contribution < -0.4 is 14.7 Å². The fourth-order valence-electron chi connectivity index (χ4n) is 16.0. The lowest BCUT2D eigenvalue weighted by molar-refractivity contribution is -0.0443. The Morgan fingerprint density at radius 3 is 0.508 bits per heavy atom. The molecule has 3 heterocycles. The third-order valence-electron chi connectivity index (χ3n) is 23.3. The largest absolute Gasteiger partial charge is 0.372 e. The summed E-state index contributed by atoms with van der Waals surface area (Å²) >= 11 is 0. The average Bonchev–Trinajstić information content (AvgIpc) is 0.797. The summed E-state index contributed by atoms with van der Waals surface area (Å²) in [6.45, 7) is 23.3. The molecule has 636 valence electrons. The van der Waals surface area contributed by atoms with Gasteiger partial charge in [0.05, 0.1) is 73.0 Å². The summed E-state index contributed by atoms with van der Waals surface area (Å²) in [5, 5.41) is 0. The monoisotopic (exact) mass is 1610 g/mol. The minimum Gasteiger partial charge on any atom is -0.372 e. The van der Waals surface area contributed by atoms with E-state index in [1.165, 1.54) is 248 Å². The van der Waals surface area contributed by atoms with Crippen molar-refractivity contribution < 1.29 is 28.4 Å². The van der Waals surface area contributed by atoms with E-state index in [2.05, 4.69) is 200 Å². The van der Waals surface area contributed by atoms with Crippen LogP contribution in [0, 0.1) is 71.0 Å². The van der Waals surface area contributed by atoms with Crippen LogP contribution in [0.1, 0.15) is 375 Å². The summed E-state index contributed by atoms with van der Waals surface area (Å²) in [5.74, 6) is 45.2. The van der Waals surface area contributed by atoms with Crippen LogP contribution >= 0.6 is 0 Å². The van der Waals surface area contributed by atoms with Gasteiger partial charge in [0.1, 0.15) is 0 Å². The van der Waals surface area contributed by atoms with E-state index in [0.717, 1.165) is 89.3 Å². The molecule has 120 heavy (non-hydrogen) atoms. The average molecular weight is 1610 g/mol. The molecule has 7 aromatic rings. The molecule has 0 radical (unpaired) electrons. The second kappa shape index (κ2) is 55.9. The number of nitrogens with zero attached hydrogens (tertiary/aromatic N) is 3. The zero-order chi connectivity index (χ0) is 83.5. The maximum absolute atomic E-state index is 5.99. The Balaban J connectivity index is 1.20. The van der Waals surface area contributed by atoms with Crippen molar-refractivity contribution in [1.82, 2.24) is 0 Å². The van der Waals surface area contributed by atoms with Crippen molar-refractivity contribution in [2.45, 2.75) is 292 Å². The van der Waals surface area contributed by atoms with Crippen LogP contribution in [-0.2, 0) is 28.4 Å². The molecule has 0 unspecified atom stereocenters. The Kier molecular flexibility index (Phi) is 43.5. The van der Waals surface area contributed by atoms with Gasteiger partial charge in [0, 0.05) is 106 Å². The number of ether oxygens (including phenoxy) is 6. The molecular weight excluding hydrogens is 1470 g/mol. The summed E-state index contributed by atoms with van der Waals surface area (Å²) in [6, 6.07) is 51.4. The number of anilines is 3. The quantitative estimate of drug-likeness (QED) is 0.0274. The molecule has 7 aromatic carbocycles. The molecule has 0 spiro atoms. The summed E-state index contributed by atoms with van der Waals surface area (Å²) in [5.41, 5.74) is 15.2. The SMILES string of the molecule is CCCCCCCCN(CCCCCCCC)c1ccc(C#Cc2c(C#Cc3ccc(C4OCCO4)cc3)c(C#Cc3ccc(N(CCCCCCCC)CCCCCCCC)cc3)c(C#Cc3ccc(C4OCCO4)cc3)c(C#Cc3ccc(N(CCCCCCCC)CCCCCCCC)cc3)c2C#Cc2ccc(C3OCCO3)cc2)cc1. The second-order valence-electron chi connectivity index (χ2n) is 33.0. The van der Waals surface area contributed by atoms with E-state index in [9.17, 15) is 0 Å². The first-order valence-corrected chi connectivity index (χ1v) is 47.3. The molecule has 0 N–H and O–H groups in total. The lowest BCUT2D eigenvalue weighted by atomic mass is 9.86. The van der Waals surface area contributed by atoms with E-state index in [0.29, 0.717) is 73.0 Å². The van der Waals surface area contributed by atoms with E-state index in [1.54, 1.807) is 0 Å². The fourth-order valence-corrected chi connectivity index (χ4v) is 16.0. The van der Waals surface area contributed by atoms with Gasteiger partial charge in [-0.2, -0.15) is 0 Å². The summed E-state index contributed by atoms with van der Waals surface area (Å²) in [6.07, 6.45) is 44.1. The Hall–Kier alpha value is -8.94. The van der Waals surface area contributed by atoms with Crippen LogP contribution in [0.4, 0.5) is 17.1 Å². The van der Waals surface area contributed by atoms with Gasteiger partial charge in [-0.3, -0.25) is 0 Å². The van der Waals surface area contributed by atoms with Crippen LogP contribution in [0.3, 0.4) is 0 Å². The lowest BCUT2D eigenvalue weighted by Gasteiger charge is -2.25. The van der Waals surface area contributed by atoms with Crippen molar-refractivity contribution in [3.05, 3.63) is 229 Å². The molecule has 9 nitrogen and oxygen atoms in total. The lowest BCUT2D eigenvalue weighted by Crippen LogP contribution is -2.25.